The van der Waals surface area contributed by atoms with Crippen LogP contribution in [0.5, 0.6) is 0 Å². The van der Waals surface area contributed by atoms with Gasteiger partial charge in [-0.3, -0.25) is 24.6 Å². The van der Waals surface area contributed by atoms with Crippen LogP contribution in [0.25, 0.3) is 6.08 Å². The Balaban J connectivity index is 1.84. The van der Waals surface area contributed by atoms with Crippen LogP contribution in [0.2, 0.25) is 0 Å². The molecule has 0 fully saturated rings. The first-order valence-corrected chi connectivity index (χ1v) is 10.2. The van der Waals surface area contributed by atoms with Gasteiger partial charge in [0.25, 0.3) is 11.6 Å². The molecule has 1 heterocycles. The molecule has 3 aromatic rings. The highest BCUT2D eigenvalue weighted by Crippen LogP contribution is 2.42. The second-order valence-electron chi connectivity index (χ2n) is 7.59. The van der Waals surface area contributed by atoms with Gasteiger partial charge in [0.2, 0.25) is 0 Å². The van der Waals surface area contributed by atoms with Crippen LogP contribution >= 0.6 is 0 Å². The average Bonchev–Trinajstić information content (AvgIpc) is 3.09. The minimum atomic E-state index is -1.02. The predicted molar refractivity (Wildman–Crippen MR) is 125 cm³/mol. The van der Waals surface area contributed by atoms with E-state index in [1.165, 1.54) is 29.2 Å². The first kappa shape index (κ1) is 21.7. The zero-order valence-electron chi connectivity index (χ0n) is 17.7. The summed E-state index contributed by atoms with van der Waals surface area (Å²) in [6, 6.07) is 20.9. The fourth-order valence-corrected chi connectivity index (χ4v) is 3.89. The number of nitro benzene ring substituents is 1. The van der Waals surface area contributed by atoms with Crippen molar-refractivity contribution < 1.29 is 19.6 Å². The Kier molecular flexibility index (Phi) is 5.87. The molecule has 4 rings (SSSR count). The molecule has 1 amide bonds. The van der Waals surface area contributed by atoms with E-state index in [4.69, 9.17) is 0 Å². The Hall–Kier alpha value is -4.52. The van der Waals surface area contributed by atoms with Crippen LogP contribution in [-0.4, -0.2) is 21.7 Å². The number of carbonyl (C=O) groups excluding carboxylic acids is 2. The summed E-state index contributed by atoms with van der Waals surface area (Å²) in [7, 11) is 0. The Morgan fingerprint density at radius 3 is 2.42 bits per heavy atom. The van der Waals surface area contributed by atoms with Gasteiger partial charge in [-0.25, -0.2) is 0 Å². The molecule has 1 aliphatic rings. The lowest BCUT2D eigenvalue weighted by molar-refractivity contribution is -0.384. The molecule has 1 aliphatic heterocycles. The van der Waals surface area contributed by atoms with Crippen molar-refractivity contribution in [1.82, 2.24) is 0 Å². The van der Waals surface area contributed by atoms with Crippen LogP contribution in [0.3, 0.4) is 0 Å². The van der Waals surface area contributed by atoms with Gasteiger partial charge in [-0.1, -0.05) is 66.7 Å². The number of allylic oxidation sites excluding steroid dienone is 1. The van der Waals surface area contributed by atoms with E-state index < -0.39 is 28.4 Å². The summed E-state index contributed by atoms with van der Waals surface area (Å²) < 4.78 is 0. The summed E-state index contributed by atoms with van der Waals surface area (Å²) in [6.07, 6.45) is 2.88. The molecule has 7 heteroatoms. The molecule has 0 saturated heterocycles. The van der Waals surface area contributed by atoms with Crippen molar-refractivity contribution in [2.75, 3.05) is 4.90 Å². The van der Waals surface area contributed by atoms with Crippen LogP contribution in [0.4, 0.5) is 11.4 Å². The minimum absolute atomic E-state index is 0.129. The maximum Gasteiger partial charge on any atom is 0.294 e. The quantitative estimate of drug-likeness (QED) is 0.327. The van der Waals surface area contributed by atoms with E-state index in [1.54, 1.807) is 37.3 Å². The molecule has 0 saturated carbocycles. The second-order valence-corrected chi connectivity index (χ2v) is 7.59. The number of aryl methyl sites for hydroxylation is 1. The van der Waals surface area contributed by atoms with Crippen molar-refractivity contribution in [2.45, 2.75) is 13.0 Å². The molecule has 0 radical (unpaired) electrons. The van der Waals surface area contributed by atoms with E-state index in [1.807, 2.05) is 36.4 Å². The number of amides is 1. The van der Waals surface area contributed by atoms with Gasteiger partial charge < -0.3 is 5.11 Å². The van der Waals surface area contributed by atoms with Crippen LogP contribution in [0.1, 0.15) is 22.7 Å². The van der Waals surface area contributed by atoms with Gasteiger partial charge in [0.15, 0.2) is 11.5 Å². The molecule has 164 valence electrons. The molecular weight excluding hydrogens is 420 g/mol. The van der Waals surface area contributed by atoms with Crippen molar-refractivity contribution in [3.63, 3.8) is 0 Å². The van der Waals surface area contributed by atoms with Crippen LogP contribution in [0, 0.1) is 17.0 Å². The predicted octanol–water partition coefficient (Wildman–Crippen LogP) is 5.09. The molecule has 0 aromatic heterocycles. The third-order valence-corrected chi connectivity index (χ3v) is 5.47. The number of para-hydroxylation sites is 1. The van der Waals surface area contributed by atoms with Crippen molar-refractivity contribution >= 4 is 29.1 Å². The third-order valence-electron chi connectivity index (χ3n) is 5.47. The molecule has 3 aromatic carbocycles. The number of nitrogens with zero attached hydrogens (tertiary/aromatic N) is 2. The number of aliphatic hydroxyl groups excluding tert-OH is 1. The number of ketones is 1. The first-order valence-electron chi connectivity index (χ1n) is 10.2. The number of rotatable bonds is 6. The second kappa shape index (κ2) is 8.92. The van der Waals surface area contributed by atoms with Gasteiger partial charge in [-0.2, -0.15) is 0 Å². The topological polar surface area (TPSA) is 101 Å². The maximum absolute atomic E-state index is 13.2. The largest absolute Gasteiger partial charge is 0.503 e. The molecular formula is C26H20N2O5. The molecule has 33 heavy (non-hydrogen) atoms. The summed E-state index contributed by atoms with van der Waals surface area (Å²) in [5.74, 6) is -1.97. The van der Waals surface area contributed by atoms with Gasteiger partial charge in [-0.15, -0.1) is 0 Å². The zero-order chi connectivity index (χ0) is 23.5. The fraction of sp³-hybridized carbons (Fsp3) is 0.0769. The highest BCUT2D eigenvalue weighted by molar-refractivity contribution is 6.20. The number of hydrogen-bond donors (Lipinski definition) is 1. The van der Waals surface area contributed by atoms with E-state index >= 15 is 0 Å². The van der Waals surface area contributed by atoms with Gasteiger partial charge in [0.1, 0.15) is 0 Å². The van der Waals surface area contributed by atoms with Crippen molar-refractivity contribution in [3.8, 4) is 0 Å². The van der Waals surface area contributed by atoms with E-state index in [-0.39, 0.29) is 11.3 Å². The number of nitro groups is 1. The smallest absolute Gasteiger partial charge is 0.294 e. The molecule has 0 aliphatic carbocycles. The maximum atomic E-state index is 13.2. The standard InChI is InChI=1S/C26H20N2O5/c1-17-8-5-6-13-21(17)27-24(19-11-7-12-20(16-19)28(32)33)23(25(30)26(27)31)22(29)15-14-18-9-3-2-4-10-18/h2-16,24,30H,1H3. The molecule has 0 spiro atoms. The molecule has 0 bridgehead atoms. The van der Waals surface area contributed by atoms with Crippen LogP contribution in [-0.2, 0) is 9.59 Å². The van der Waals surface area contributed by atoms with E-state index in [9.17, 15) is 24.8 Å². The Morgan fingerprint density at radius 1 is 1.03 bits per heavy atom. The molecule has 7 nitrogen and oxygen atoms in total. The minimum Gasteiger partial charge on any atom is -0.503 e. The van der Waals surface area contributed by atoms with Gasteiger partial charge in [0.05, 0.1) is 16.5 Å². The number of carbonyl (C=O) groups is 2. The Labute approximate surface area is 190 Å². The summed E-state index contributed by atoms with van der Waals surface area (Å²) in [6.45, 7) is 1.80. The van der Waals surface area contributed by atoms with Crippen molar-refractivity contribution in [3.05, 3.63) is 123 Å². The van der Waals surface area contributed by atoms with Crippen molar-refractivity contribution in [1.29, 1.82) is 0 Å². The summed E-state index contributed by atoms with van der Waals surface area (Å²) in [4.78, 5) is 38.5. The van der Waals surface area contributed by atoms with Gasteiger partial charge >= 0.3 is 0 Å². The molecule has 1 unspecified atom stereocenters. The first-order chi connectivity index (χ1) is 15.9. The third kappa shape index (κ3) is 4.16. The van der Waals surface area contributed by atoms with Crippen LogP contribution < -0.4 is 4.90 Å². The zero-order valence-corrected chi connectivity index (χ0v) is 17.7. The summed E-state index contributed by atoms with van der Waals surface area (Å²) in [5, 5.41) is 22.1. The Bertz CT molecular complexity index is 1310. The summed E-state index contributed by atoms with van der Waals surface area (Å²) in [5.41, 5.74) is 2.07. The molecule has 1 N–H and O–H groups in total. The van der Waals surface area contributed by atoms with Crippen LogP contribution in [0.15, 0.2) is 96.3 Å². The summed E-state index contributed by atoms with van der Waals surface area (Å²) >= 11 is 0. The monoisotopic (exact) mass is 440 g/mol. The number of non-ortho nitro benzene ring substituents is 1. The Morgan fingerprint density at radius 2 is 1.73 bits per heavy atom. The van der Waals surface area contributed by atoms with E-state index in [0.29, 0.717) is 11.3 Å². The lowest BCUT2D eigenvalue weighted by atomic mass is 9.94. The number of aliphatic hydroxyl groups is 1. The number of hydrogen-bond acceptors (Lipinski definition) is 5. The normalized spacial score (nSPS) is 16.0. The lowest BCUT2D eigenvalue weighted by Gasteiger charge is -2.28. The lowest BCUT2D eigenvalue weighted by Crippen LogP contribution is -2.31. The number of anilines is 1. The van der Waals surface area contributed by atoms with E-state index in [0.717, 1.165) is 11.1 Å². The SMILES string of the molecule is Cc1ccccc1N1C(=O)C(O)=C(C(=O)C=Cc2ccccc2)C1c1cccc([N+](=O)[O-])c1. The van der Waals surface area contributed by atoms with Gasteiger partial charge in [0, 0.05) is 17.8 Å². The fourth-order valence-electron chi connectivity index (χ4n) is 3.89. The number of benzene rings is 3. The highest BCUT2D eigenvalue weighted by Gasteiger charge is 2.44. The van der Waals surface area contributed by atoms with Gasteiger partial charge in [-0.05, 0) is 35.8 Å². The van der Waals surface area contributed by atoms with Crippen molar-refractivity contribution in [2.24, 2.45) is 0 Å². The molecule has 1 atom stereocenters. The van der Waals surface area contributed by atoms with E-state index in [2.05, 4.69) is 0 Å². The highest BCUT2D eigenvalue weighted by atomic mass is 16.6. The average molecular weight is 440 g/mol.